The Kier molecular flexibility index (Phi) is 5.84. The molecule has 1 aromatic heterocycles. The fourth-order valence-corrected chi connectivity index (χ4v) is 3.68. The molecular weight excluding hydrogens is 370 g/mol. The average molecular weight is 398 g/mol. The van der Waals surface area contributed by atoms with E-state index >= 15 is 0 Å². The molecule has 0 fully saturated rings. The summed E-state index contributed by atoms with van der Waals surface area (Å²) in [5, 5.41) is 0. The van der Waals surface area contributed by atoms with Crippen molar-refractivity contribution in [1.29, 1.82) is 0 Å². The molecule has 0 atom stereocenters. The van der Waals surface area contributed by atoms with Crippen LogP contribution in [0.4, 0.5) is 5.69 Å². The summed E-state index contributed by atoms with van der Waals surface area (Å²) in [6.45, 7) is 0. The first-order valence-electron chi connectivity index (χ1n) is 10.2. The number of hydrogen-bond acceptors (Lipinski definition) is 3. The second kappa shape index (κ2) is 8.87. The summed E-state index contributed by atoms with van der Waals surface area (Å²) in [5.41, 5.74) is 6.65. The number of hydrogen-bond donors (Lipinski definition) is 0. The third kappa shape index (κ3) is 4.08. The summed E-state index contributed by atoms with van der Waals surface area (Å²) in [6.07, 6.45) is 1.76. The molecule has 0 spiro atoms. The zero-order valence-electron chi connectivity index (χ0n) is 17.7. The highest BCUT2D eigenvalue weighted by Gasteiger charge is 2.20. The molecule has 0 aliphatic rings. The molecule has 0 N–H and O–H groups in total. The normalized spacial score (nSPS) is 10.8. The summed E-state index contributed by atoms with van der Waals surface area (Å²) >= 11 is 0. The third-order valence-corrected chi connectivity index (χ3v) is 5.29. The van der Waals surface area contributed by atoms with Gasteiger partial charge < -0.3 is 9.74 Å². The second-order valence-electron chi connectivity index (χ2n) is 7.50. The van der Waals surface area contributed by atoms with E-state index in [1.807, 2.05) is 43.1 Å². The predicted octanol–water partition coefficient (Wildman–Crippen LogP) is 5.13. The maximum atomic E-state index is 5.83. The molecule has 0 saturated carbocycles. The van der Waals surface area contributed by atoms with Crippen molar-refractivity contribution < 1.29 is 4.84 Å². The number of benzene rings is 3. The van der Waals surface area contributed by atoms with Crippen LogP contribution in [0.2, 0.25) is 0 Å². The van der Waals surface area contributed by atoms with Crippen LogP contribution in [0.1, 0.15) is 11.3 Å². The van der Waals surface area contributed by atoms with Crippen LogP contribution in [-0.4, -0.2) is 30.9 Å². The molecule has 0 unspecified atom stereocenters. The number of anilines is 1. The summed E-state index contributed by atoms with van der Waals surface area (Å²) in [4.78, 5) is 13.0. The van der Waals surface area contributed by atoms with Crippen molar-refractivity contribution in [2.24, 2.45) is 0 Å². The van der Waals surface area contributed by atoms with E-state index in [0.29, 0.717) is 0 Å². The van der Waals surface area contributed by atoms with E-state index in [-0.39, 0.29) is 0 Å². The highest BCUT2D eigenvalue weighted by Crippen LogP contribution is 2.30. The molecule has 4 aromatic rings. The lowest BCUT2D eigenvalue weighted by molar-refractivity contribution is 0.163. The summed E-state index contributed by atoms with van der Waals surface area (Å²) in [5.74, 6) is 0.827. The highest BCUT2D eigenvalue weighted by atomic mass is 16.6. The number of nitrogens with zero attached hydrogens (tertiary/aromatic N) is 3. The molecule has 0 saturated heterocycles. The molecule has 1 heterocycles. The molecule has 0 aliphatic carbocycles. The summed E-state index contributed by atoms with van der Waals surface area (Å²) < 4.78 is 1.88. The molecule has 0 bridgehead atoms. The van der Waals surface area contributed by atoms with Crippen molar-refractivity contribution in [3.63, 3.8) is 0 Å². The van der Waals surface area contributed by atoms with Crippen LogP contribution in [0.25, 0.3) is 22.6 Å². The molecule has 0 amide bonds. The Labute approximate surface area is 178 Å². The fourth-order valence-electron chi connectivity index (χ4n) is 3.68. The van der Waals surface area contributed by atoms with Crippen molar-refractivity contribution in [3.8, 4) is 22.6 Å². The lowest BCUT2D eigenvalue weighted by Crippen LogP contribution is -2.12. The van der Waals surface area contributed by atoms with E-state index in [2.05, 4.69) is 65.6 Å². The maximum absolute atomic E-state index is 5.83. The van der Waals surface area contributed by atoms with Gasteiger partial charge in [-0.1, -0.05) is 72.8 Å². The van der Waals surface area contributed by atoms with Crippen LogP contribution < -0.4 is 9.74 Å². The first kappa shape index (κ1) is 19.8. The lowest BCUT2D eigenvalue weighted by Gasteiger charge is -2.13. The first-order valence-corrected chi connectivity index (χ1v) is 10.2. The number of rotatable bonds is 7. The molecule has 0 aliphatic heterocycles. The van der Waals surface area contributed by atoms with Crippen molar-refractivity contribution in [1.82, 2.24) is 9.71 Å². The zero-order chi connectivity index (χ0) is 20.9. The molecule has 30 heavy (non-hydrogen) atoms. The SMILES string of the molecule is COn1c(-c2ccccc2)nc(-c2ccc(N(C)C)cc2)c1CCc1ccccc1. The van der Waals surface area contributed by atoms with Crippen LogP contribution in [-0.2, 0) is 12.8 Å². The minimum atomic E-state index is 0.827. The fraction of sp³-hybridized carbons (Fsp3) is 0.192. The largest absolute Gasteiger partial charge is 0.415 e. The van der Waals surface area contributed by atoms with Gasteiger partial charge in [-0.2, -0.15) is 4.73 Å². The minimum absolute atomic E-state index is 0.827. The molecule has 0 radical (unpaired) electrons. The first-order chi connectivity index (χ1) is 14.7. The van der Waals surface area contributed by atoms with E-state index in [9.17, 15) is 0 Å². The van der Waals surface area contributed by atoms with Crippen LogP contribution in [0.15, 0.2) is 84.9 Å². The van der Waals surface area contributed by atoms with Crippen molar-refractivity contribution in [3.05, 3.63) is 96.2 Å². The standard InChI is InChI=1S/C26H27N3O/c1-28(2)23-17-15-21(16-18-23)25-24(19-14-20-10-6-4-7-11-20)29(30-3)26(27-25)22-12-8-5-9-13-22/h4-13,15-18H,14,19H2,1-3H3. The van der Waals surface area contributed by atoms with Gasteiger partial charge in [-0.25, -0.2) is 4.98 Å². The van der Waals surface area contributed by atoms with Gasteiger partial charge in [0.1, 0.15) is 7.11 Å². The molecular formula is C26H27N3O. The molecule has 3 aromatic carbocycles. The van der Waals surface area contributed by atoms with Gasteiger partial charge in [-0.3, -0.25) is 0 Å². The Morgan fingerprint density at radius 1 is 0.767 bits per heavy atom. The van der Waals surface area contributed by atoms with Crippen molar-refractivity contribution in [2.45, 2.75) is 12.8 Å². The van der Waals surface area contributed by atoms with Gasteiger partial charge in [0.15, 0.2) is 5.82 Å². The van der Waals surface area contributed by atoms with E-state index < -0.39 is 0 Å². The summed E-state index contributed by atoms with van der Waals surface area (Å²) in [6, 6.07) is 29.3. The van der Waals surface area contributed by atoms with Gasteiger partial charge in [-0.15, -0.1) is 0 Å². The molecule has 4 nitrogen and oxygen atoms in total. The second-order valence-corrected chi connectivity index (χ2v) is 7.50. The Morgan fingerprint density at radius 2 is 1.40 bits per heavy atom. The highest BCUT2D eigenvalue weighted by molar-refractivity contribution is 5.69. The third-order valence-electron chi connectivity index (χ3n) is 5.29. The van der Waals surface area contributed by atoms with E-state index in [0.717, 1.165) is 41.2 Å². The molecule has 152 valence electrons. The van der Waals surface area contributed by atoms with Crippen LogP contribution >= 0.6 is 0 Å². The van der Waals surface area contributed by atoms with Gasteiger partial charge in [0.25, 0.3) is 0 Å². The Morgan fingerprint density at radius 3 is 2.00 bits per heavy atom. The quantitative estimate of drug-likeness (QED) is 0.433. The number of imidazole rings is 1. The van der Waals surface area contributed by atoms with Crippen molar-refractivity contribution >= 4 is 5.69 Å². The zero-order valence-corrected chi connectivity index (χ0v) is 17.7. The average Bonchev–Trinajstić information content (AvgIpc) is 3.17. The monoisotopic (exact) mass is 397 g/mol. The Balaban J connectivity index is 1.79. The maximum Gasteiger partial charge on any atom is 0.176 e. The summed E-state index contributed by atoms with van der Waals surface area (Å²) in [7, 11) is 5.81. The van der Waals surface area contributed by atoms with Gasteiger partial charge in [0.2, 0.25) is 0 Å². The Bertz CT molecular complexity index is 1080. The predicted molar refractivity (Wildman–Crippen MR) is 124 cm³/mol. The van der Waals surface area contributed by atoms with Crippen LogP contribution in [0.3, 0.4) is 0 Å². The van der Waals surface area contributed by atoms with E-state index in [4.69, 9.17) is 9.82 Å². The van der Waals surface area contributed by atoms with Gasteiger partial charge in [0, 0.05) is 30.9 Å². The molecule has 4 rings (SSSR count). The number of aromatic nitrogens is 2. The lowest BCUT2D eigenvalue weighted by atomic mass is 10.0. The van der Waals surface area contributed by atoms with Crippen LogP contribution in [0, 0.1) is 0 Å². The smallest absolute Gasteiger partial charge is 0.176 e. The topological polar surface area (TPSA) is 30.3 Å². The Hall–Kier alpha value is -3.53. The molecule has 4 heteroatoms. The van der Waals surface area contributed by atoms with Gasteiger partial charge >= 0.3 is 0 Å². The van der Waals surface area contributed by atoms with Crippen LogP contribution in [0.5, 0.6) is 0 Å². The number of aryl methyl sites for hydroxylation is 1. The van der Waals surface area contributed by atoms with E-state index in [1.165, 1.54) is 11.3 Å². The van der Waals surface area contributed by atoms with Crippen molar-refractivity contribution in [2.75, 3.05) is 26.1 Å². The van der Waals surface area contributed by atoms with Gasteiger partial charge in [0.05, 0.1) is 11.4 Å². The minimum Gasteiger partial charge on any atom is -0.415 e. The van der Waals surface area contributed by atoms with Gasteiger partial charge in [-0.05, 0) is 30.5 Å². The van der Waals surface area contributed by atoms with E-state index in [1.54, 1.807) is 7.11 Å².